The van der Waals surface area contributed by atoms with Gasteiger partial charge in [-0.2, -0.15) is 4.98 Å². The van der Waals surface area contributed by atoms with E-state index >= 15 is 0 Å². The maximum atomic E-state index is 11.6. The zero-order valence-electron chi connectivity index (χ0n) is 13.9. The lowest BCUT2D eigenvalue weighted by atomic mass is 10.1. The topological polar surface area (TPSA) is 89.9 Å². The number of nitrogens with one attached hydrogen (secondary N) is 1. The van der Waals surface area contributed by atoms with E-state index in [1.54, 1.807) is 13.1 Å². The van der Waals surface area contributed by atoms with E-state index < -0.39 is 5.76 Å². The maximum Gasteiger partial charge on any atom is 0.419 e. The third-order valence-electron chi connectivity index (χ3n) is 4.54. The molecule has 0 saturated heterocycles. The molecule has 0 saturated carbocycles. The van der Waals surface area contributed by atoms with Gasteiger partial charge < -0.3 is 13.9 Å². The average Bonchev–Trinajstić information content (AvgIpc) is 3.35. The van der Waals surface area contributed by atoms with Crippen molar-refractivity contribution in [2.75, 3.05) is 0 Å². The summed E-state index contributed by atoms with van der Waals surface area (Å²) in [5.74, 6) is 0.595. The van der Waals surface area contributed by atoms with E-state index in [4.69, 9.17) is 8.94 Å². The Morgan fingerprint density at radius 1 is 1.19 bits per heavy atom. The molecule has 1 N–H and O–H groups in total. The second kappa shape index (κ2) is 5.45. The third kappa shape index (κ3) is 2.25. The number of hydrogen-bond acceptors (Lipinski definition) is 5. The molecule has 0 bridgehead atoms. The van der Waals surface area contributed by atoms with Gasteiger partial charge in [0.25, 0.3) is 0 Å². The van der Waals surface area contributed by atoms with Gasteiger partial charge in [-0.05, 0) is 29.8 Å². The lowest BCUT2D eigenvalue weighted by Crippen LogP contribution is -2.08. The van der Waals surface area contributed by atoms with Crippen molar-refractivity contribution in [3.8, 4) is 11.4 Å². The Bertz CT molecular complexity index is 1310. The van der Waals surface area contributed by atoms with Crippen LogP contribution < -0.4 is 5.76 Å². The number of nitrogens with zero attached hydrogens (tertiary/aromatic N) is 3. The number of benzene rings is 2. The van der Waals surface area contributed by atoms with E-state index in [-0.39, 0.29) is 0 Å². The first-order valence-electron chi connectivity index (χ1n) is 8.16. The first-order valence-corrected chi connectivity index (χ1v) is 8.16. The molecule has 5 rings (SSSR count). The molecule has 0 fully saturated rings. The van der Waals surface area contributed by atoms with Gasteiger partial charge in [0.05, 0.1) is 11.9 Å². The van der Waals surface area contributed by atoms with Crippen molar-refractivity contribution in [3.05, 3.63) is 70.7 Å². The van der Waals surface area contributed by atoms with Crippen LogP contribution in [0.4, 0.5) is 0 Å². The van der Waals surface area contributed by atoms with Crippen LogP contribution in [0.15, 0.2) is 62.4 Å². The maximum absolute atomic E-state index is 11.6. The van der Waals surface area contributed by atoms with E-state index in [2.05, 4.69) is 21.2 Å². The van der Waals surface area contributed by atoms with Crippen LogP contribution in [0.3, 0.4) is 0 Å². The molecular formula is C19H14N4O3. The second-order valence-electron chi connectivity index (χ2n) is 6.16. The van der Waals surface area contributed by atoms with E-state index in [9.17, 15) is 4.79 Å². The first kappa shape index (κ1) is 14.7. The average molecular weight is 346 g/mol. The van der Waals surface area contributed by atoms with Gasteiger partial charge in [-0.15, -0.1) is 0 Å². The second-order valence-corrected chi connectivity index (χ2v) is 6.16. The molecule has 0 unspecified atom stereocenters. The fraction of sp³-hybridized carbons (Fsp3) is 0.105. The number of aryl methyl sites for hydroxylation is 1. The largest absolute Gasteiger partial charge is 0.419 e. The zero-order valence-corrected chi connectivity index (χ0v) is 13.9. The van der Waals surface area contributed by atoms with Crippen LogP contribution >= 0.6 is 0 Å². The third-order valence-corrected chi connectivity index (χ3v) is 4.54. The molecule has 0 amide bonds. The molecule has 0 aliphatic heterocycles. The van der Waals surface area contributed by atoms with Crippen molar-refractivity contribution in [2.45, 2.75) is 6.42 Å². The van der Waals surface area contributed by atoms with Gasteiger partial charge >= 0.3 is 5.76 Å². The fourth-order valence-electron chi connectivity index (χ4n) is 3.16. The van der Waals surface area contributed by atoms with Crippen molar-refractivity contribution in [3.63, 3.8) is 0 Å². The van der Waals surface area contributed by atoms with Crippen LogP contribution in [0.25, 0.3) is 33.4 Å². The van der Waals surface area contributed by atoms with Crippen LogP contribution in [-0.4, -0.2) is 19.7 Å². The number of aromatic nitrogens is 4. The molecular weight excluding hydrogens is 332 g/mol. The Morgan fingerprint density at radius 2 is 2.08 bits per heavy atom. The Morgan fingerprint density at radius 3 is 3.00 bits per heavy atom. The van der Waals surface area contributed by atoms with E-state index in [0.29, 0.717) is 23.7 Å². The number of aromatic amines is 1. The highest BCUT2D eigenvalue weighted by molar-refractivity contribution is 5.83. The summed E-state index contributed by atoms with van der Waals surface area (Å²) in [6.45, 7) is 0. The summed E-state index contributed by atoms with van der Waals surface area (Å²) >= 11 is 0. The standard InChI is InChI=1S/C19H14N4O3/c1-23-15-7-6-11(8-16(15)25-19(23)24)18-21-17(26-22-18)9-12-10-20-14-5-3-2-4-13(12)14/h2-8,10,20H,9H2,1H3. The number of oxazole rings is 1. The summed E-state index contributed by atoms with van der Waals surface area (Å²) in [5, 5.41) is 5.20. The molecule has 26 heavy (non-hydrogen) atoms. The summed E-state index contributed by atoms with van der Waals surface area (Å²) in [4.78, 5) is 19.3. The minimum atomic E-state index is -0.398. The molecule has 128 valence electrons. The summed E-state index contributed by atoms with van der Waals surface area (Å²) in [5.41, 5.74) is 4.13. The molecule has 0 aliphatic carbocycles. The molecule has 3 heterocycles. The Hall–Kier alpha value is -3.61. The summed E-state index contributed by atoms with van der Waals surface area (Å²) in [6.07, 6.45) is 2.50. The van der Waals surface area contributed by atoms with E-state index in [1.165, 1.54) is 4.57 Å². The highest BCUT2D eigenvalue weighted by Crippen LogP contribution is 2.24. The summed E-state index contributed by atoms with van der Waals surface area (Å²) < 4.78 is 12.1. The van der Waals surface area contributed by atoms with Crippen molar-refractivity contribution in [1.29, 1.82) is 0 Å². The van der Waals surface area contributed by atoms with Gasteiger partial charge in [-0.25, -0.2) is 4.79 Å². The van der Waals surface area contributed by atoms with Crippen LogP contribution in [0.2, 0.25) is 0 Å². The minimum absolute atomic E-state index is 0.398. The van der Waals surface area contributed by atoms with Crippen LogP contribution in [0.1, 0.15) is 11.5 Å². The van der Waals surface area contributed by atoms with Gasteiger partial charge in [-0.1, -0.05) is 23.4 Å². The Balaban J connectivity index is 1.49. The predicted molar refractivity (Wildman–Crippen MR) is 95.9 cm³/mol. The molecule has 0 aliphatic rings. The fourth-order valence-corrected chi connectivity index (χ4v) is 3.16. The molecule has 0 spiro atoms. The smallest absolute Gasteiger partial charge is 0.408 e. The first-order chi connectivity index (χ1) is 12.7. The van der Waals surface area contributed by atoms with Crippen LogP contribution in [0.5, 0.6) is 0 Å². The van der Waals surface area contributed by atoms with Crippen molar-refractivity contribution < 1.29 is 8.94 Å². The van der Waals surface area contributed by atoms with Gasteiger partial charge in [-0.3, -0.25) is 4.57 Å². The van der Waals surface area contributed by atoms with Gasteiger partial charge in [0, 0.05) is 29.7 Å². The molecule has 7 nitrogen and oxygen atoms in total. The van der Waals surface area contributed by atoms with Gasteiger partial charge in [0.1, 0.15) is 0 Å². The zero-order chi connectivity index (χ0) is 17.7. The van der Waals surface area contributed by atoms with Crippen LogP contribution in [0, 0.1) is 0 Å². The molecule has 0 radical (unpaired) electrons. The SMILES string of the molecule is Cn1c(=O)oc2cc(-c3noc(Cc4c[nH]c5ccccc45)n3)ccc21. The minimum Gasteiger partial charge on any atom is -0.408 e. The van der Waals surface area contributed by atoms with Crippen molar-refractivity contribution in [1.82, 2.24) is 19.7 Å². The Kier molecular flexibility index (Phi) is 3.08. The van der Waals surface area contributed by atoms with E-state index in [1.807, 2.05) is 36.5 Å². The lowest BCUT2D eigenvalue weighted by Gasteiger charge is -1.95. The number of hydrogen-bond donors (Lipinski definition) is 1. The van der Waals surface area contributed by atoms with Gasteiger partial charge in [0.15, 0.2) is 5.58 Å². The lowest BCUT2D eigenvalue weighted by molar-refractivity contribution is 0.386. The summed E-state index contributed by atoms with van der Waals surface area (Å²) in [7, 11) is 1.67. The van der Waals surface area contributed by atoms with Crippen molar-refractivity contribution in [2.24, 2.45) is 7.05 Å². The van der Waals surface area contributed by atoms with Gasteiger partial charge in [0.2, 0.25) is 11.7 Å². The molecule has 0 atom stereocenters. The Labute approximate surface area is 146 Å². The number of fused-ring (bicyclic) bond motifs is 2. The van der Waals surface area contributed by atoms with Crippen molar-refractivity contribution >= 4 is 22.0 Å². The highest BCUT2D eigenvalue weighted by Gasteiger charge is 2.14. The quantitative estimate of drug-likeness (QED) is 0.541. The summed E-state index contributed by atoms with van der Waals surface area (Å²) in [6, 6.07) is 13.5. The number of H-pyrrole nitrogens is 1. The molecule has 2 aromatic carbocycles. The number of rotatable bonds is 3. The predicted octanol–water partition coefficient (Wildman–Crippen LogP) is 3.25. The highest BCUT2D eigenvalue weighted by atomic mass is 16.5. The number of para-hydroxylation sites is 1. The molecule has 3 aromatic heterocycles. The monoisotopic (exact) mass is 346 g/mol. The van der Waals surface area contributed by atoms with E-state index in [0.717, 1.165) is 27.5 Å². The van der Waals surface area contributed by atoms with Crippen LogP contribution in [-0.2, 0) is 13.5 Å². The molecule has 5 aromatic rings. The molecule has 7 heteroatoms. The normalized spacial score (nSPS) is 11.6.